The van der Waals surface area contributed by atoms with Crippen molar-refractivity contribution >= 4 is 17.3 Å². The Morgan fingerprint density at radius 1 is 1.17 bits per heavy atom. The van der Waals surface area contributed by atoms with E-state index in [2.05, 4.69) is 39.5 Å². The van der Waals surface area contributed by atoms with Gasteiger partial charge in [-0.05, 0) is 42.8 Å². The summed E-state index contributed by atoms with van der Waals surface area (Å²) in [6.07, 6.45) is 4.34. The van der Waals surface area contributed by atoms with Gasteiger partial charge < -0.3 is 15.0 Å². The molecular formula is C19H23N3OS. The molecule has 1 saturated heterocycles. The Labute approximate surface area is 148 Å². The summed E-state index contributed by atoms with van der Waals surface area (Å²) in [6, 6.07) is 16.3. The first-order valence-corrected chi connectivity index (χ1v) is 8.80. The monoisotopic (exact) mass is 341 g/mol. The smallest absolute Gasteiger partial charge is 0.169 e. The summed E-state index contributed by atoms with van der Waals surface area (Å²) in [4.78, 5) is 6.58. The van der Waals surface area contributed by atoms with E-state index in [0.717, 1.165) is 43.3 Å². The first-order valence-electron chi connectivity index (χ1n) is 8.39. The van der Waals surface area contributed by atoms with Crippen molar-refractivity contribution in [3.8, 4) is 0 Å². The Bertz CT molecular complexity index is 588. The molecule has 126 valence electrons. The first kappa shape index (κ1) is 16.9. The largest absolute Gasteiger partial charge is 0.376 e. The number of ether oxygens (including phenoxy) is 1. The summed E-state index contributed by atoms with van der Waals surface area (Å²) in [5.41, 5.74) is 2.24. The van der Waals surface area contributed by atoms with Crippen LogP contribution in [0.25, 0.3) is 0 Å². The standard InChI is InChI=1S/C19H23N3OS/c24-19(21-13-18-10-6-12-23-18)22(14-16-7-2-1-3-8-16)15-17-9-4-5-11-20-17/h1-5,7-9,11,18H,6,10,12-15H2,(H,21,24)/t18-/m1/s1. The van der Waals surface area contributed by atoms with Crippen molar-refractivity contribution in [3.63, 3.8) is 0 Å². The van der Waals surface area contributed by atoms with Crippen LogP contribution in [0.4, 0.5) is 0 Å². The summed E-state index contributed by atoms with van der Waals surface area (Å²) in [6.45, 7) is 3.08. The average molecular weight is 341 g/mol. The lowest BCUT2D eigenvalue weighted by Gasteiger charge is -2.26. The second-order valence-corrected chi connectivity index (χ2v) is 6.37. The lowest BCUT2D eigenvalue weighted by molar-refractivity contribution is 0.113. The number of thiocarbonyl (C=S) groups is 1. The molecule has 0 amide bonds. The van der Waals surface area contributed by atoms with E-state index in [9.17, 15) is 0 Å². The summed E-state index contributed by atoms with van der Waals surface area (Å²) in [7, 11) is 0. The van der Waals surface area contributed by atoms with Gasteiger partial charge in [-0.25, -0.2) is 0 Å². The van der Waals surface area contributed by atoms with Crippen LogP contribution in [-0.4, -0.2) is 34.3 Å². The molecule has 1 atom stereocenters. The number of aromatic nitrogens is 1. The number of nitrogens with one attached hydrogen (secondary N) is 1. The first-order chi connectivity index (χ1) is 11.8. The zero-order chi connectivity index (χ0) is 16.6. The van der Waals surface area contributed by atoms with Gasteiger partial charge in [0.05, 0.1) is 18.3 Å². The molecule has 24 heavy (non-hydrogen) atoms. The SMILES string of the molecule is S=C(NC[C@H]1CCCO1)N(Cc1ccccc1)Cc1ccccn1. The number of hydrogen-bond acceptors (Lipinski definition) is 3. The second-order valence-electron chi connectivity index (χ2n) is 5.98. The molecule has 2 aromatic rings. The fraction of sp³-hybridized carbons (Fsp3) is 0.368. The van der Waals surface area contributed by atoms with Crippen LogP contribution in [-0.2, 0) is 17.8 Å². The van der Waals surface area contributed by atoms with Crippen molar-refractivity contribution in [2.45, 2.75) is 32.0 Å². The van der Waals surface area contributed by atoms with Crippen LogP contribution in [0.3, 0.4) is 0 Å². The van der Waals surface area contributed by atoms with Crippen LogP contribution in [0.15, 0.2) is 54.7 Å². The molecule has 5 heteroatoms. The molecule has 0 radical (unpaired) electrons. The minimum Gasteiger partial charge on any atom is -0.376 e. The fourth-order valence-corrected chi connectivity index (χ4v) is 3.02. The van der Waals surface area contributed by atoms with Gasteiger partial charge in [-0.15, -0.1) is 0 Å². The second kappa shape index (κ2) is 8.76. The highest BCUT2D eigenvalue weighted by Crippen LogP contribution is 2.12. The molecule has 3 rings (SSSR count). The Kier molecular flexibility index (Phi) is 6.15. The van der Waals surface area contributed by atoms with E-state index in [4.69, 9.17) is 17.0 Å². The van der Waals surface area contributed by atoms with E-state index in [0.29, 0.717) is 6.54 Å². The summed E-state index contributed by atoms with van der Waals surface area (Å²) >= 11 is 5.64. The van der Waals surface area contributed by atoms with Crippen LogP contribution in [0, 0.1) is 0 Å². The number of rotatable bonds is 6. The van der Waals surface area contributed by atoms with E-state index < -0.39 is 0 Å². The van der Waals surface area contributed by atoms with Gasteiger partial charge in [0, 0.05) is 25.9 Å². The molecule has 0 unspecified atom stereocenters. The third-order valence-corrected chi connectivity index (χ3v) is 4.49. The van der Waals surface area contributed by atoms with Crippen molar-refractivity contribution in [3.05, 3.63) is 66.0 Å². The number of benzene rings is 1. The summed E-state index contributed by atoms with van der Waals surface area (Å²) in [5.74, 6) is 0. The molecule has 1 aromatic carbocycles. The zero-order valence-corrected chi connectivity index (χ0v) is 14.5. The average Bonchev–Trinajstić information content (AvgIpc) is 3.14. The molecule has 1 N–H and O–H groups in total. The highest BCUT2D eigenvalue weighted by atomic mass is 32.1. The van der Waals surface area contributed by atoms with E-state index in [1.54, 1.807) is 0 Å². The van der Waals surface area contributed by atoms with Gasteiger partial charge >= 0.3 is 0 Å². The summed E-state index contributed by atoms with van der Waals surface area (Å²) in [5, 5.41) is 4.12. The van der Waals surface area contributed by atoms with Crippen molar-refractivity contribution in [1.29, 1.82) is 0 Å². The Hall–Kier alpha value is -1.98. The zero-order valence-electron chi connectivity index (χ0n) is 13.7. The molecule has 1 fully saturated rings. The molecule has 4 nitrogen and oxygen atoms in total. The molecule has 0 spiro atoms. The van der Waals surface area contributed by atoms with Crippen molar-refractivity contribution < 1.29 is 4.74 Å². The van der Waals surface area contributed by atoms with Gasteiger partial charge in [-0.3, -0.25) is 4.98 Å². The van der Waals surface area contributed by atoms with Gasteiger partial charge in [0.15, 0.2) is 5.11 Å². The minimum atomic E-state index is 0.274. The van der Waals surface area contributed by atoms with Gasteiger partial charge in [-0.2, -0.15) is 0 Å². The highest BCUT2D eigenvalue weighted by Gasteiger charge is 2.17. The number of pyridine rings is 1. The van der Waals surface area contributed by atoms with Crippen molar-refractivity contribution in [1.82, 2.24) is 15.2 Å². The Balaban J connectivity index is 1.64. The number of nitrogens with zero attached hydrogens (tertiary/aromatic N) is 2. The van der Waals surface area contributed by atoms with Crippen LogP contribution in [0.2, 0.25) is 0 Å². The van der Waals surface area contributed by atoms with Crippen LogP contribution in [0.1, 0.15) is 24.1 Å². The van der Waals surface area contributed by atoms with Gasteiger partial charge in [0.2, 0.25) is 0 Å². The third-order valence-electron chi connectivity index (χ3n) is 4.09. The van der Waals surface area contributed by atoms with Crippen molar-refractivity contribution in [2.75, 3.05) is 13.2 Å². The van der Waals surface area contributed by atoms with Crippen molar-refractivity contribution in [2.24, 2.45) is 0 Å². The number of hydrogen-bond donors (Lipinski definition) is 1. The normalized spacial score (nSPS) is 16.8. The third kappa shape index (κ3) is 5.01. The quantitative estimate of drug-likeness (QED) is 0.817. The molecular weight excluding hydrogens is 318 g/mol. The van der Waals surface area contributed by atoms with Crippen LogP contribution in [0.5, 0.6) is 0 Å². The molecule has 0 saturated carbocycles. The van der Waals surface area contributed by atoms with E-state index in [-0.39, 0.29) is 6.10 Å². The Morgan fingerprint density at radius 3 is 2.71 bits per heavy atom. The predicted octanol–water partition coefficient (Wildman–Crippen LogP) is 3.14. The van der Waals surface area contributed by atoms with Crippen LogP contribution < -0.4 is 5.32 Å². The minimum absolute atomic E-state index is 0.274. The highest BCUT2D eigenvalue weighted by molar-refractivity contribution is 7.80. The molecule has 0 aliphatic carbocycles. The maximum Gasteiger partial charge on any atom is 0.169 e. The molecule has 1 aliphatic heterocycles. The Morgan fingerprint density at radius 2 is 2.00 bits per heavy atom. The molecule has 1 aromatic heterocycles. The maximum absolute atomic E-state index is 5.67. The summed E-state index contributed by atoms with van der Waals surface area (Å²) < 4.78 is 5.67. The van der Waals surface area contributed by atoms with E-state index in [1.165, 1.54) is 5.56 Å². The predicted molar refractivity (Wildman–Crippen MR) is 99.5 cm³/mol. The lowest BCUT2D eigenvalue weighted by atomic mass is 10.2. The lowest BCUT2D eigenvalue weighted by Crippen LogP contribution is -2.42. The molecule has 2 heterocycles. The van der Waals surface area contributed by atoms with Gasteiger partial charge in [0.1, 0.15) is 0 Å². The van der Waals surface area contributed by atoms with Gasteiger partial charge in [-0.1, -0.05) is 36.4 Å². The molecule has 0 bridgehead atoms. The van der Waals surface area contributed by atoms with Gasteiger partial charge in [0.25, 0.3) is 0 Å². The van der Waals surface area contributed by atoms with Crippen LogP contribution >= 0.6 is 12.2 Å². The topological polar surface area (TPSA) is 37.4 Å². The molecule has 1 aliphatic rings. The van der Waals surface area contributed by atoms with E-state index in [1.807, 2.05) is 30.5 Å². The maximum atomic E-state index is 5.67. The van der Waals surface area contributed by atoms with E-state index >= 15 is 0 Å². The fourth-order valence-electron chi connectivity index (χ4n) is 2.81.